The molecular weight excluding hydrogens is 178 g/mol. The van der Waals surface area contributed by atoms with Crippen molar-refractivity contribution in [3.8, 4) is 0 Å². The van der Waals surface area contributed by atoms with Gasteiger partial charge in [0.05, 0.1) is 5.56 Å². The van der Waals surface area contributed by atoms with Crippen molar-refractivity contribution in [2.24, 2.45) is 0 Å². The van der Waals surface area contributed by atoms with Gasteiger partial charge in [-0.1, -0.05) is 0 Å². The molecule has 0 atom stereocenters. The van der Waals surface area contributed by atoms with Crippen LogP contribution in [0.5, 0.6) is 0 Å². The average Bonchev–Trinajstić information content (AvgIpc) is 2.16. The Balaban J connectivity index is 2.95. The fourth-order valence-corrected chi connectivity index (χ4v) is 1.01. The lowest BCUT2D eigenvalue weighted by Crippen LogP contribution is -2.33. The minimum absolute atomic E-state index is 0.0920. The second-order valence-electron chi connectivity index (χ2n) is 3.47. The first-order chi connectivity index (χ1) is 6.54. The van der Waals surface area contributed by atoms with E-state index in [1.807, 2.05) is 13.8 Å². The maximum atomic E-state index is 11.8. The van der Waals surface area contributed by atoms with Gasteiger partial charge in [-0.05, 0) is 19.9 Å². The van der Waals surface area contributed by atoms with E-state index < -0.39 is 0 Å². The Bertz CT molecular complexity index is 336. The van der Waals surface area contributed by atoms with Gasteiger partial charge >= 0.3 is 0 Å². The van der Waals surface area contributed by atoms with Crippen molar-refractivity contribution in [1.82, 2.24) is 9.88 Å². The molecule has 14 heavy (non-hydrogen) atoms. The monoisotopic (exact) mass is 193 g/mol. The van der Waals surface area contributed by atoms with E-state index in [2.05, 4.69) is 4.98 Å². The molecule has 76 valence electrons. The Hall–Kier alpha value is -1.58. The number of nitrogens with two attached hydrogens (primary N) is 1. The van der Waals surface area contributed by atoms with Crippen molar-refractivity contribution >= 4 is 11.6 Å². The van der Waals surface area contributed by atoms with Crippen molar-refractivity contribution in [3.63, 3.8) is 0 Å². The highest BCUT2D eigenvalue weighted by Gasteiger charge is 2.16. The number of hydrogen-bond acceptors (Lipinski definition) is 3. The van der Waals surface area contributed by atoms with Crippen LogP contribution in [-0.4, -0.2) is 28.9 Å². The average molecular weight is 193 g/mol. The summed E-state index contributed by atoms with van der Waals surface area (Å²) in [6.45, 7) is 3.90. The zero-order valence-corrected chi connectivity index (χ0v) is 8.69. The van der Waals surface area contributed by atoms with Gasteiger partial charge in [0.2, 0.25) is 0 Å². The summed E-state index contributed by atoms with van der Waals surface area (Å²) in [5, 5.41) is 0. The third kappa shape index (κ3) is 2.02. The molecule has 0 fully saturated rings. The van der Waals surface area contributed by atoms with Crippen molar-refractivity contribution in [2.75, 3.05) is 12.8 Å². The molecule has 0 unspecified atom stereocenters. The van der Waals surface area contributed by atoms with Crippen LogP contribution in [0.3, 0.4) is 0 Å². The minimum atomic E-state index is -0.0920. The summed E-state index contributed by atoms with van der Waals surface area (Å²) in [4.78, 5) is 17.3. The molecule has 0 radical (unpaired) electrons. The normalized spacial score (nSPS) is 10.3. The molecule has 0 aromatic carbocycles. The molecule has 1 aromatic heterocycles. The lowest BCUT2D eigenvalue weighted by molar-refractivity contribution is 0.0755. The third-order valence-corrected chi connectivity index (χ3v) is 2.18. The van der Waals surface area contributed by atoms with Gasteiger partial charge in [-0.3, -0.25) is 9.78 Å². The van der Waals surface area contributed by atoms with E-state index in [0.717, 1.165) is 0 Å². The van der Waals surface area contributed by atoms with Crippen LogP contribution >= 0.6 is 0 Å². The summed E-state index contributed by atoms with van der Waals surface area (Å²) in [5.74, 6) is -0.0920. The molecular formula is C10H15N3O. The first kappa shape index (κ1) is 10.5. The smallest absolute Gasteiger partial charge is 0.257 e. The number of nitrogens with zero attached hydrogens (tertiary/aromatic N) is 2. The van der Waals surface area contributed by atoms with Gasteiger partial charge in [0, 0.05) is 31.2 Å². The standard InChI is InChI=1S/C10H15N3O/c1-7(2)13(3)10(14)8-6-12-5-4-9(8)11/h4-7H,1-3H3,(H2,11,12). The summed E-state index contributed by atoms with van der Waals surface area (Å²) in [7, 11) is 1.75. The highest BCUT2D eigenvalue weighted by atomic mass is 16.2. The fraction of sp³-hybridized carbons (Fsp3) is 0.400. The van der Waals surface area contributed by atoms with Crippen LogP contribution in [0.25, 0.3) is 0 Å². The van der Waals surface area contributed by atoms with E-state index >= 15 is 0 Å². The first-order valence-corrected chi connectivity index (χ1v) is 4.50. The second-order valence-corrected chi connectivity index (χ2v) is 3.47. The van der Waals surface area contributed by atoms with Crippen molar-refractivity contribution < 1.29 is 4.79 Å². The molecule has 2 N–H and O–H groups in total. The summed E-state index contributed by atoms with van der Waals surface area (Å²) < 4.78 is 0. The van der Waals surface area contributed by atoms with Gasteiger partial charge in [-0.15, -0.1) is 0 Å². The minimum Gasteiger partial charge on any atom is -0.398 e. The van der Waals surface area contributed by atoms with Crippen molar-refractivity contribution in [2.45, 2.75) is 19.9 Å². The SMILES string of the molecule is CC(C)N(C)C(=O)c1cnccc1N. The fourth-order valence-electron chi connectivity index (χ4n) is 1.01. The highest BCUT2D eigenvalue weighted by Crippen LogP contribution is 2.12. The topological polar surface area (TPSA) is 59.2 Å². The number of rotatable bonds is 2. The Morgan fingerprint density at radius 1 is 1.57 bits per heavy atom. The maximum absolute atomic E-state index is 11.8. The summed E-state index contributed by atoms with van der Waals surface area (Å²) in [6, 6.07) is 1.78. The number of hydrogen-bond donors (Lipinski definition) is 1. The predicted octanol–water partition coefficient (Wildman–Crippen LogP) is 1.14. The molecule has 1 heterocycles. The lowest BCUT2D eigenvalue weighted by atomic mass is 10.2. The van der Waals surface area contributed by atoms with Gasteiger partial charge in [0.1, 0.15) is 0 Å². The van der Waals surface area contributed by atoms with E-state index in [1.54, 1.807) is 24.2 Å². The van der Waals surface area contributed by atoms with Crippen LogP contribution in [0.1, 0.15) is 24.2 Å². The molecule has 1 aromatic rings. The number of carbonyl (C=O) groups is 1. The number of amides is 1. The van der Waals surface area contributed by atoms with Crippen LogP contribution in [0.15, 0.2) is 18.5 Å². The van der Waals surface area contributed by atoms with Crippen LogP contribution in [0, 0.1) is 0 Å². The number of anilines is 1. The third-order valence-electron chi connectivity index (χ3n) is 2.18. The quantitative estimate of drug-likeness (QED) is 0.766. The lowest BCUT2D eigenvalue weighted by Gasteiger charge is -2.21. The molecule has 0 spiro atoms. The van der Waals surface area contributed by atoms with E-state index in [1.165, 1.54) is 6.20 Å². The van der Waals surface area contributed by atoms with Crippen LogP contribution in [0.2, 0.25) is 0 Å². The Morgan fingerprint density at radius 3 is 2.71 bits per heavy atom. The van der Waals surface area contributed by atoms with Crippen LogP contribution in [0.4, 0.5) is 5.69 Å². The maximum Gasteiger partial charge on any atom is 0.257 e. The first-order valence-electron chi connectivity index (χ1n) is 4.50. The predicted molar refractivity (Wildman–Crippen MR) is 55.9 cm³/mol. The van der Waals surface area contributed by atoms with E-state index in [9.17, 15) is 4.79 Å². The molecule has 0 aliphatic heterocycles. The molecule has 0 aliphatic rings. The van der Waals surface area contributed by atoms with Gasteiger partial charge in [0.25, 0.3) is 5.91 Å². The Morgan fingerprint density at radius 2 is 2.21 bits per heavy atom. The van der Waals surface area contributed by atoms with Crippen molar-refractivity contribution in [1.29, 1.82) is 0 Å². The summed E-state index contributed by atoms with van der Waals surface area (Å²) in [5.41, 5.74) is 6.60. The number of pyridine rings is 1. The zero-order valence-electron chi connectivity index (χ0n) is 8.69. The molecule has 0 saturated carbocycles. The van der Waals surface area contributed by atoms with Gasteiger partial charge in [-0.25, -0.2) is 0 Å². The van der Waals surface area contributed by atoms with Crippen LogP contribution < -0.4 is 5.73 Å². The summed E-state index contributed by atoms with van der Waals surface area (Å²) >= 11 is 0. The van der Waals surface area contributed by atoms with Crippen molar-refractivity contribution in [3.05, 3.63) is 24.0 Å². The molecule has 1 rings (SSSR count). The molecule has 4 nitrogen and oxygen atoms in total. The van der Waals surface area contributed by atoms with E-state index in [-0.39, 0.29) is 11.9 Å². The van der Waals surface area contributed by atoms with Gasteiger partial charge < -0.3 is 10.6 Å². The van der Waals surface area contributed by atoms with Crippen LogP contribution in [-0.2, 0) is 0 Å². The highest BCUT2D eigenvalue weighted by molar-refractivity contribution is 5.98. The van der Waals surface area contributed by atoms with Gasteiger partial charge in [0.15, 0.2) is 0 Å². The number of nitrogen functional groups attached to an aromatic ring is 1. The molecule has 0 aliphatic carbocycles. The Labute approximate surface area is 83.7 Å². The van der Waals surface area contributed by atoms with E-state index in [0.29, 0.717) is 11.3 Å². The van der Waals surface area contributed by atoms with Gasteiger partial charge in [-0.2, -0.15) is 0 Å². The second kappa shape index (κ2) is 4.09. The number of carbonyl (C=O) groups excluding carboxylic acids is 1. The molecule has 4 heteroatoms. The molecule has 0 saturated heterocycles. The molecule has 0 bridgehead atoms. The Kier molecular flexibility index (Phi) is 3.06. The zero-order chi connectivity index (χ0) is 10.7. The molecule has 1 amide bonds. The van der Waals surface area contributed by atoms with E-state index in [4.69, 9.17) is 5.73 Å². The number of aromatic nitrogens is 1. The summed E-state index contributed by atoms with van der Waals surface area (Å²) in [6.07, 6.45) is 3.07. The largest absolute Gasteiger partial charge is 0.398 e.